The first-order valence-electron chi connectivity index (χ1n) is 7.08. The molecule has 21 heavy (non-hydrogen) atoms. The molecule has 0 fully saturated rings. The Morgan fingerprint density at radius 1 is 1.19 bits per heavy atom. The number of benzene rings is 2. The molecule has 4 heteroatoms. The number of hydrogen-bond donors (Lipinski definition) is 3. The summed E-state index contributed by atoms with van der Waals surface area (Å²) >= 11 is 0. The fourth-order valence-corrected chi connectivity index (χ4v) is 2.65. The molecule has 2 aromatic rings. The first kappa shape index (κ1) is 13.6. The second kappa shape index (κ2) is 5.97. The van der Waals surface area contributed by atoms with Crippen molar-refractivity contribution < 1.29 is 9.90 Å². The van der Waals surface area contributed by atoms with Gasteiger partial charge in [0.15, 0.2) is 0 Å². The summed E-state index contributed by atoms with van der Waals surface area (Å²) < 4.78 is 0. The molecule has 0 aromatic heterocycles. The first-order chi connectivity index (χ1) is 10.3. The Morgan fingerprint density at radius 2 is 1.90 bits per heavy atom. The smallest absolute Gasteiger partial charge is 0.243 e. The van der Waals surface area contributed by atoms with Crippen LogP contribution >= 0.6 is 0 Å². The second-order valence-electron chi connectivity index (χ2n) is 5.21. The summed E-state index contributed by atoms with van der Waals surface area (Å²) in [6.07, 6.45) is 0.676. The van der Waals surface area contributed by atoms with E-state index < -0.39 is 0 Å². The van der Waals surface area contributed by atoms with Crippen molar-refractivity contribution in [1.29, 1.82) is 0 Å². The minimum atomic E-state index is -0.371. The zero-order valence-corrected chi connectivity index (χ0v) is 11.6. The quantitative estimate of drug-likeness (QED) is 0.802. The van der Waals surface area contributed by atoms with Crippen molar-refractivity contribution in [3.05, 3.63) is 65.7 Å². The van der Waals surface area contributed by atoms with Crippen LogP contribution in [-0.2, 0) is 11.2 Å². The second-order valence-corrected chi connectivity index (χ2v) is 5.21. The molecule has 4 nitrogen and oxygen atoms in total. The number of anilines is 1. The molecule has 0 spiro atoms. The molecule has 0 saturated carbocycles. The summed E-state index contributed by atoms with van der Waals surface area (Å²) in [6, 6.07) is 16.8. The van der Waals surface area contributed by atoms with E-state index in [2.05, 4.69) is 10.6 Å². The van der Waals surface area contributed by atoms with Gasteiger partial charge >= 0.3 is 0 Å². The lowest BCUT2D eigenvalue weighted by molar-refractivity contribution is -0.122. The number of fused-ring (bicyclic) bond motifs is 1. The maximum atomic E-state index is 12.4. The van der Waals surface area contributed by atoms with Gasteiger partial charge in [-0.25, -0.2) is 0 Å². The number of amides is 1. The highest BCUT2D eigenvalue weighted by molar-refractivity contribution is 5.87. The van der Waals surface area contributed by atoms with Crippen molar-refractivity contribution in [3.8, 4) is 0 Å². The van der Waals surface area contributed by atoms with Crippen LogP contribution in [0, 0.1) is 0 Å². The van der Waals surface area contributed by atoms with E-state index >= 15 is 0 Å². The van der Waals surface area contributed by atoms with Crippen LogP contribution in [0.25, 0.3) is 0 Å². The van der Waals surface area contributed by atoms with Crippen LogP contribution in [0.2, 0.25) is 0 Å². The molecule has 1 aliphatic heterocycles. The van der Waals surface area contributed by atoms with Crippen molar-refractivity contribution in [2.45, 2.75) is 18.5 Å². The molecule has 0 radical (unpaired) electrons. The van der Waals surface area contributed by atoms with Crippen molar-refractivity contribution in [2.24, 2.45) is 0 Å². The van der Waals surface area contributed by atoms with E-state index in [0.29, 0.717) is 6.42 Å². The summed E-state index contributed by atoms with van der Waals surface area (Å²) in [4.78, 5) is 12.4. The molecule has 108 valence electrons. The Bertz CT molecular complexity index is 603. The average Bonchev–Trinajstić information content (AvgIpc) is 2.97. The number of aliphatic hydroxyl groups excluding tert-OH is 1. The van der Waals surface area contributed by atoms with Gasteiger partial charge in [-0.1, -0.05) is 48.5 Å². The molecular formula is C17H18N2O2. The Labute approximate surface area is 123 Å². The Balaban J connectivity index is 1.67. The maximum Gasteiger partial charge on any atom is 0.243 e. The Morgan fingerprint density at radius 3 is 2.62 bits per heavy atom. The van der Waals surface area contributed by atoms with Gasteiger partial charge in [0.25, 0.3) is 0 Å². The molecule has 2 atom stereocenters. The molecule has 1 unspecified atom stereocenters. The predicted molar refractivity (Wildman–Crippen MR) is 82.0 cm³/mol. The lowest BCUT2D eigenvalue weighted by atomic mass is 10.1. The third kappa shape index (κ3) is 2.90. The van der Waals surface area contributed by atoms with Gasteiger partial charge in [-0.05, 0) is 17.2 Å². The summed E-state index contributed by atoms with van der Waals surface area (Å²) in [5.41, 5.74) is 3.07. The predicted octanol–water partition coefficient (Wildman–Crippen LogP) is 1.87. The van der Waals surface area contributed by atoms with Crippen molar-refractivity contribution in [1.82, 2.24) is 5.32 Å². The highest BCUT2D eigenvalue weighted by atomic mass is 16.3. The zero-order chi connectivity index (χ0) is 14.7. The van der Waals surface area contributed by atoms with Crippen LogP contribution < -0.4 is 10.6 Å². The zero-order valence-electron chi connectivity index (χ0n) is 11.6. The Kier molecular flexibility index (Phi) is 3.88. The summed E-state index contributed by atoms with van der Waals surface area (Å²) in [5.74, 6) is -0.0888. The first-order valence-corrected chi connectivity index (χ1v) is 7.08. The number of nitrogens with one attached hydrogen (secondary N) is 2. The number of aliphatic hydroxyl groups is 1. The number of carbonyl (C=O) groups is 1. The molecule has 0 bridgehead atoms. The third-order valence-electron chi connectivity index (χ3n) is 3.79. The van der Waals surface area contributed by atoms with E-state index in [1.165, 1.54) is 0 Å². The lowest BCUT2D eigenvalue weighted by Gasteiger charge is -2.19. The van der Waals surface area contributed by atoms with Crippen LogP contribution in [0.3, 0.4) is 0 Å². The number of para-hydroxylation sites is 1. The van der Waals surface area contributed by atoms with Gasteiger partial charge in [-0.2, -0.15) is 0 Å². The van der Waals surface area contributed by atoms with Crippen molar-refractivity contribution >= 4 is 11.6 Å². The van der Waals surface area contributed by atoms with Gasteiger partial charge in [0.2, 0.25) is 5.91 Å². The van der Waals surface area contributed by atoms with Gasteiger partial charge in [0.05, 0.1) is 12.6 Å². The van der Waals surface area contributed by atoms with Crippen molar-refractivity contribution in [2.75, 3.05) is 11.9 Å². The van der Waals surface area contributed by atoms with Crippen LogP contribution in [0.4, 0.5) is 5.69 Å². The normalized spacial score (nSPS) is 17.7. The van der Waals surface area contributed by atoms with E-state index in [9.17, 15) is 9.90 Å². The lowest BCUT2D eigenvalue weighted by Crippen LogP contribution is -2.41. The number of hydrogen-bond acceptors (Lipinski definition) is 3. The van der Waals surface area contributed by atoms with Gasteiger partial charge < -0.3 is 15.7 Å². The topological polar surface area (TPSA) is 61.4 Å². The fraction of sp³-hybridized carbons (Fsp3) is 0.235. The van der Waals surface area contributed by atoms with Crippen LogP contribution in [0.1, 0.15) is 17.2 Å². The van der Waals surface area contributed by atoms with Crippen LogP contribution in [0.5, 0.6) is 0 Å². The van der Waals surface area contributed by atoms with Gasteiger partial charge in [0, 0.05) is 12.1 Å². The number of carbonyl (C=O) groups excluding carboxylic acids is 1. The van der Waals surface area contributed by atoms with Gasteiger partial charge in [-0.15, -0.1) is 0 Å². The molecule has 1 heterocycles. The van der Waals surface area contributed by atoms with Crippen LogP contribution in [-0.4, -0.2) is 23.7 Å². The number of rotatable bonds is 4. The average molecular weight is 282 g/mol. The molecule has 1 aliphatic rings. The largest absolute Gasteiger partial charge is 0.394 e. The molecule has 2 aromatic carbocycles. The maximum absolute atomic E-state index is 12.4. The van der Waals surface area contributed by atoms with Crippen LogP contribution in [0.15, 0.2) is 54.6 Å². The minimum absolute atomic E-state index is 0.0888. The van der Waals surface area contributed by atoms with Gasteiger partial charge in [0.1, 0.15) is 6.04 Å². The van der Waals surface area contributed by atoms with Gasteiger partial charge in [-0.3, -0.25) is 4.79 Å². The monoisotopic (exact) mass is 282 g/mol. The third-order valence-corrected chi connectivity index (χ3v) is 3.79. The molecule has 3 N–H and O–H groups in total. The molecule has 1 amide bonds. The molecular weight excluding hydrogens is 264 g/mol. The molecule has 0 aliphatic carbocycles. The SMILES string of the molecule is O=C(N[C@H](CO)c1ccccc1)C1Cc2ccccc2N1. The summed E-state index contributed by atoms with van der Waals surface area (Å²) in [7, 11) is 0. The summed E-state index contributed by atoms with van der Waals surface area (Å²) in [6.45, 7) is -0.116. The highest BCUT2D eigenvalue weighted by Crippen LogP contribution is 2.25. The van der Waals surface area contributed by atoms with E-state index in [1.807, 2.05) is 54.6 Å². The van der Waals surface area contributed by atoms with Crippen molar-refractivity contribution in [3.63, 3.8) is 0 Å². The molecule has 3 rings (SSSR count). The van der Waals surface area contributed by atoms with E-state index in [0.717, 1.165) is 16.8 Å². The van der Waals surface area contributed by atoms with E-state index in [4.69, 9.17) is 0 Å². The highest BCUT2D eigenvalue weighted by Gasteiger charge is 2.27. The Hall–Kier alpha value is -2.33. The molecule has 0 saturated heterocycles. The summed E-state index contributed by atoms with van der Waals surface area (Å²) in [5, 5.41) is 15.6. The standard InChI is InChI=1S/C17H18N2O2/c20-11-16(12-6-2-1-3-7-12)19-17(21)15-10-13-8-4-5-9-14(13)18-15/h1-9,15-16,18,20H,10-11H2,(H,19,21)/t15?,16-/m1/s1. The van der Waals surface area contributed by atoms with E-state index in [1.54, 1.807) is 0 Å². The minimum Gasteiger partial charge on any atom is -0.394 e. The fourth-order valence-electron chi connectivity index (χ4n) is 2.65. The van der Waals surface area contributed by atoms with E-state index in [-0.39, 0.29) is 24.6 Å².